The number of ether oxygens (including phenoxy) is 1. The molecule has 144 valence electrons. The number of imidazole rings is 1. The predicted molar refractivity (Wildman–Crippen MR) is 101 cm³/mol. The van der Waals surface area contributed by atoms with Crippen LogP contribution >= 0.6 is 0 Å². The van der Waals surface area contributed by atoms with Crippen molar-refractivity contribution < 1.29 is 14.3 Å². The molecule has 7 nitrogen and oxygen atoms in total. The van der Waals surface area contributed by atoms with E-state index in [2.05, 4.69) is 10.3 Å². The molecule has 0 radical (unpaired) electrons. The van der Waals surface area contributed by atoms with Gasteiger partial charge in [0.25, 0.3) is 0 Å². The van der Waals surface area contributed by atoms with E-state index in [0.717, 1.165) is 24.4 Å². The molecule has 1 unspecified atom stereocenters. The molecule has 0 saturated carbocycles. The maximum absolute atomic E-state index is 12.5. The topological polar surface area (TPSA) is 76.5 Å². The number of rotatable bonds is 7. The second-order valence-corrected chi connectivity index (χ2v) is 6.76. The van der Waals surface area contributed by atoms with Crippen molar-refractivity contribution in [3.8, 4) is 5.75 Å². The van der Waals surface area contributed by atoms with Gasteiger partial charge in [0, 0.05) is 32.5 Å². The van der Waals surface area contributed by atoms with Gasteiger partial charge in [0.2, 0.25) is 11.8 Å². The summed E-state index contributed by atoms with van der Waals surface area (Å²) in [6.07, 6.45) is 5.51. The third-order valence-electron chi connectivity index (χ3n) is 4.81. The van der Waals surface area contributed by atoms with Crippen LogP contribution in [-0.2, 0) is 23.2 Å². The van der Waals surface area contributed by atoms with E-state index >= 15 is 0 Å². The van der Waals surface area contributed by atoms with Gasteiger partial charge in [0.15, 0.2) is 0 Å². The Labute approximate surface area is 159 Å². The Balaban J connectivity index is 1.43. The van der Waals surface area contributed by atoms with Crippen molar-refractivity contribution in [3.05, 3.63) is 48.5 Å². The average Bonchev–Trinajstić information content (AvgIpc) is 3.11. The predicted octanol–water partition coefficient (Wildman–Crippen LogP) is 1.74. The quantitative estimate of drug-likeness (QED) is 0.806. The molecule has 0 spiro atoms. The number of carbonyl (C=O) groups is 2. The number of hydrogen-bond acceptors (Lipinski definition) is 4. The molecule has 1 fully saturated rings. The van der Waals surface area contributed by atoms with E-state index in [4.69, 9.17) is 4.74 Å². The number of aryl methyl sites for hydroxylation is 1. The molecule has 2 heterocycles. The summed E-state index contributed by atoms with van der Waals surface area (Å²) in [5.41, 5.74) is 0. The molecule has 1 saturated heterocycles. The van der Waals surface area contributed by atoms with Crippen LogP contribution in [0.1, 0.15) is 25.1 Å². The summed E-state index contributed by atoms with van der Waals surface area (Å²) in [5, 5.41) is 2.93. The number of hydrogen-bond donors (Lipinski definition) is 1. The first-order valence-electron chi connectivity index (χ1n) is 9.33. The smallest absolute Gasteiger partial charge is 0.226 e. The lowest BCUT2D eigenvalue weighted by Gasteiger charge is -2.32. The third kappa shape index (κ3) is 5.32. The van der Waals surface area contributed by atoms with Crippen molar-refractivity contribution in [1.82, 2.24) is 19.8 Å². The molecule has 1 aliphatic rings. The molecule has 2 amide bonds. The second-order valence-electron chi connectivity index (χ2n) is 6.76. The van der Waals surface area contributed by atoms with Crippen molar-refractivity contribution in [2.24, 2.45) is 13.0 Å². The van der Waals surface area contributed by atoms with Crippen molar-refractivity contribution in [2.75, 3.05) is 19.7 Å². The number of likely N-dealkylation sites (tertiary alicyclic amines) is 1. The molecular formula is C20H26N4O3. The van der Waals surface area contributed by atoms with Crippen molar-refractivity contribution >= 4 is 11.8 Å². The molecule has 1 aromatic carbocycles. The van der Waals surface area contributed by atoms with Gasteiger partial charge in [-0.05, 0) is 25.0 Å². The summed E-state index contributed by atoms with van der Waals surface area (Å²) in [6, 6.07) is 9.46. The van der Waals surface area contributed by atoms with Crippen LogP contribution in [0.25, 0.3) is 0 Å². The minimum Gasteiger partial charge on any atom is -0.493 e. The zero-order valence-corrected chi connectivity index (χ0v) is 15.6. The Morgan fingerprint density at radius 1 is 1.30 bits per heavy atom. The summed E-state index contributed by atoms with van der Waals surface area (Å²) in [6.45, 7) is 1.91. The van der Waals surface area contributed by atoms with Gasteiger partial charge in [-0.3, -0.25) is 9.59 Å². The fourth-order valence-corrected chi connectivity index (χ4v) is 3.23. The van der Waals surface area contributed by atoms with Gasteiger partial charge in [-0.2, -0.15) is 0 Å². The Hall–Kier alpha value is -2.83. The largest absolute Gasteiger partial charge is 0.493 e. The normalized spacial score (nSPS) is 16.8. The minimum atomic E-state index is -0.169. The van der Waals surface area contributed by atoms with Gasteiger partial charge in [-0.1, -0.05) is 18.2 Å². The summed E-state index contributed by atoms with van der Waals surface area (Å²) < 4.78 is 7.48. The summed E-state index contributed by atoms with van der Waals surface area (Å²) >= 11 is 0. The zero-order valence-electron chi connectivity index (χ0n) is 15.6. The standard InChI is InChI=1S/C20H26N4O3/c1-23-12-10-21-18(23)14-22-20(26)16-6-5-11-24(15-16)19(25)9-13-27-17-7-3-2-4-8-17/h2-4,7-8,10,12,16H,5-6,9,11,13-15H2,1H3,(H,22,26). The maximum atomic E-state index is 12.5. The van der Waals surface area contributed by atoms with Gasteiger partial charge >= 0.3 is 0 Å². The van der Waals surface area contributed by atoms with E-state index in [0.29, 0.717) is 32.7 Å². The molecule has 27 heavy (non-hydrogen) atoms. The molecule has 1 aromatic heterocycles. The van der Waals surface area contributed by atoms with Crippen LogP contribution in [0.3, 0.4) is 0 Å². The highest BCUT2D eigenvalue weighted by Gasteiger charge is 2.28. The molecule has 0 bridgehead atoms. The monoisotopic (exact) mass is 370 g/mol. The highest BCUT2D eigenvalue weighted by molar-refractivity contribution is 5.81. The molecule has 1 atom stereocenters. The number of carbonyl (C=O) groups excluding carboxylic acids is 2. The van der Waals surface area contributed by atoms with Gasteiger partial charge in [0.05, 0.1) is 25.5 Å². The number of para-hydroxylation sites is 1. The Morgan fingerprint density at radius 3 is 2.85 bits per heavy atom. The minimum absolute atomic E-state index is 0.0176. The first-order valence-corrected chi connectivity index (χ1v) is 9.33. The Bertz CT molecular complexity index is 760. The van der Waals surface area contributed by atoms with Crippen molar-refractivity contribution in [3.63, 3.8) is 0 Å². The maximum Gasteiger partial charge on any atom is 0.226 e. The molecule has 2 aromatic rings. The summed E-state index contributed by atoms with van der Waals surface area (Å²) in [7, 11) is 1.90. The van der Waals surface area contributed by atoms with E-state index in [9.17, 15) is 9.59 Å². The number of nitrogens with one attached hydrogen (secondary N) is 1. The van der Waals surface area contributed by atoms with Crippen molar-refractivity contribution in [1.29, 1.82) is 0 Å². The molecule has 3 rings (SSSR count). The van der Waals surface area contributed by atoms with Crippen LogP contribution in [0.15, 0.2) is 42.7 Å². The molecule has 0 aliphatic carbocycles. The van der Waals surface area contributed by atoms with Crippen LogP contribution in [0, 0.1) is 5.92 Å². The van der Waals surface area contributed by atoms with Gasteiger partial charge < -0.3 is 19.5 Å². The molecule has 1 aliphatic heterocycles. The first-order chi connectivity index (χ1) is 13.1. The summed E-state index contributed by atoms with van der Waals surface area (Å²) in [5.74, 6) is 1.42. The fraction of sp³-hybridized carbons (Fsp3) is 0.450. The van der Waals surface area contributed by atoms with Crippen LogP contribution in [0.2, 0.25) is 0 Å². The average molecular weight is 370 g/mol. The molecule has 7 heteroatoms. The highest BCUT2D eigenvalue weighted by Crippen LogP contribution is 2.18. The summed E-state index contributed by atoms with van der Waals surface area (Å²) in [4.78, 5) is 30.9. The lowest BCUT2D eigenvalue weighted by molar-refractivity contribution is -0.136. The zero-order chi connectivity index (χ0) is 19.1. The van der Waals surface area contributed by atoms with E-state index in [1.807, 2.05) is 48.1 Å². The fourth-order valence-electron chi connectivity index (χ4n) is 3.23. The number of nitrogens with zero attached hydrogens (tertiary/aromatic N) is 3. The first kappa shape index (κ1) is 18.9. The number of amides is 2. The van der Waals surface area contributed by atoms with E-state index in [1.165, 1.54) is 0 Å². The lowest BCUT2D eigenvalue weighted by Crippen LogP contribution is -2.45. The van der Waals surface area contributed by atoms with E-state index < -0.39 is 0 Å². The van der Waals surface area contributed by atoms with Gasteiger partial charge in [-0.25, -0.2) is 4.98 Å². The second kappa shape index (κ2) is 9.21. The van der Waals surface area contributed by atoms with Crippen LogP contribution in [0.5, 0.6) is 5.75 Å². The van der Waals surface area contributed by atoms with Gasteiger partial charge in [-0.15, -0.1) is 0 Å². The Kier molecular flexibility index (Phi) is 6.46. The third-order valence-corrected chi connectivity index (χ3v) is 4.81. The lowest BCUT2D eigenvalue weighted by atomic mass is 9.97. The highest BCUT2D eigenvalue weighted by atomic mass is 16.5. The number of benzene rings is 1. The van der Waals surface area contributed by atoms with Crippen LogP contribution in [-0.4, -0.2) is 46.0 Å². The molecular weight excluding hydrogens is 344 g/mol. The SMILES string of the molecule is Cn1ccnc1CNC(=O)C1CCCN(C(=O)CCOc2ccccc2)C1. The van der Waals surface area contributed by atoms with Crippen LogP contribution < -0.4 is 10.1 Å². The molecule has 1 N–H and O–H groups in total. The van der Waals surface area contributed by atoms with Crippen LogP contribution in [0.4, 0.5) is 0 Å². The van der Waals surface area contributed by atoms with Crippen molar-refractivity contribution in [2.45, 2.75) is 25.8 Å². The number of piperidine rings is 1. The Morgan fingerprint density at radius 2 is 2.11 bits per heavy atom. The van der Waals surface area contributed by atoms with E-state index in [-0.39, 0.29) is 17.7 Å². The van der Waals surface area contributed by atoms with E-state index in [1.54, 1.807) is 11.1 Å². The number of aromatic nitrogens is 2. The van der Waals surface area contributed by atoms with Gasteiger partial charge in [0.1, 0.15) is 11.6 Å².